The van der Waals surface area contributed by atoms with Crippen LogP contribution in [0, 0.1) is 5.92 Å². The first kappa shape index (κ1) is 11.6. The number of carbonyl (C=O) groups excluding carboxylic acids is 1. The van der Waals surface area contributed by atoms with Crippen LogP contribution in [0.1, 0.15) is 23.3 Å². The van der Waals surface area contributed by atoms with Gasteiger partial charge in [-0.2, -0.15) is 5.10 Å². The number of nitrogens with zero attached hydrogens (tertiary/aromatic N) is 3. The van der Waals surface area contributed by atoms with Crippen molar-refractivity contribution >= 4 is 21.8 Å². The second-order valence-corrected chi connectivity index (χ2v) is 4.91. The van der Waals surface area contributed by atoms with Crippen molar-refractivity contribution in [2.75, 3.05) is 18.4 Å². The third-order valence-electron chi connectivity index (χ3n) is 3.05. The molecule has 0 spiro atoms. The van der Waals surface area contributed by atoms with Crippen molar-refractivity contribution in [1.82, 2.24) is 14.7 Å². The summed E-state index contributed by atoms with van der Waals surface area (Å²) < 4.78 is 1.67. The first-order chi connectivity index (χ1) is 7.70. The molecule has 0 saturated carbocycles. The summed E-state index contributed by atoms with van der Waals surface area (Å²) in [6.07, 6.45) is 3.98. The molecule has 0 N–H and O–H groups in total. The molecule has 5 heteroatoms. The molecule has 2 heterocycles. The van der Waals surface area contributed by atoms with Crippen LogP contribution in [0.4, 0.5) is 0 Å². The van der Waals surface area contributed by atoms with Crippen LogP contribution < -0.4 is 0 Å². The molecule has 1 fully saturated rings. The lowest BCUT2D eigenvalue weighted by molar-refractivity contribution is 0.0692. The van der Waals surface area contributed by atoms with Crippen LogP contribution in [0.5, 0.6) is 0 Å². The highest BCUT2D eigenvalue weighted by atomic mass is 79.9. The van der Waals surface area contributed by atoms with Crippen LogP contribution in [-0.4, -0.2) is 39.0 Å². The van der Waals surface area contributed by atoms with Gasteiger partial charge in [-0.05, 0) is 24.8 Å². The highest BCUT2D eigenvalue weighted by Crippen LogP contribution is 2.20. The maximum absolute atomic E-state index is 12.0. The molecule has 1 saturated heterocycles. The van der Waals surface area contributed by atoms with Gasteiger partial charge in [-0.25, -0.2) is 0 Å². The molecule has 1 amide bonds. The second-order valence-electron chi connectivity index (χ2n) is 4.26. The minimum atomic E-state index is 0.0635. The van der Waals surface area contributed by atoms with E-state index in [1.807, 2.05) is 11.9 Å². The molecule has 1 aliphatic heterocycles. The fraction of sp³-hybridized carbons (Fsp3) is 0.636. The van der Waals surface area contributed by atoms with Crippen LogP contribution in [0.3, 0.4) is 0 Å². The van der Waals surface area contributed by atoms with Crippen molar-refractivity contribution in [3.63, 3.8) is 0 Å². The molecule has 1 aromatic heterocycles. The summed E-state index contributed by atoms with van der Waals surface area (Å²) in [6, 6.07) is 1.78. The topological polar surface area (TPSA) is 38.1 Å². The van der Waals surface area contributed by atoms with Gasteiger partial charge >= 0.3 is 0 Å². The van der Waals surface area contributed by atoms with Crippen LogP contribution in [0.15, 0.2) is 12.3 Å². The number of alkyl halides is 1. The van der Waals surface area contributed by atoms with E-state index >= 15 is 0 Å². The number of amides is 1. The van der Waals surface area contributed by atoms with E-state index in [4.69, 9.17) is 0 Å². The molecule has 0 aliphatic carbocycles. The van der Waals surface area contributed by atoms with Gasteiger partial charge in [-0.3, -0.25) is 9.48 Å². The Morgan fingerprint density at radius 2 is 2.25 bits per heavy atom. The van der Waals surface area contributed by atoms with Gasteiger partial charge in [0.05, 0.1) is 0 Å². The smallest absolute Gasteiger partial charge is 0.274 e. The molecule has 0 unspecified atom stereocenters. The van der Waals surface area contributed by atoms with Crippen LogP contribution in [0.2, 0.25) is 0 Å². The molecule has 88 valence electrons. The van der Waals surface area contributed by atoms with E-state index in [9.17, 15) is 4.79 Å². The van der Waals surface area contributed by atoms with Gasteiger partial charge in [0.15, 0.2) is 0 Å². The standard InChI is InChI=1S/C11H16BrN3O/c1-14-5-4-10(13-14)11(16)15-6-2-9(8-12)3-7-15/h4-5,9H,2-3,6-8H2,1H3. The number of likely N-dealkylation sites (tertiary alicyclic amines) is 1. The molecule has 0 aromatic carbocycles. The number of aryl methyl sites for hydroxylation is 1. The van der Waals surface area contributed by atoms with Crippen LogP contribution >= 0.6 is 15.9 Å². The molecule has 2 rings (SSSR count). The Bertz CT molecular complexity index is 369. The van der Waals surface area contributed by atoms with Crippen molar-refractivity contribution in [2.24, 2.45) is 13.0 Å². The number of halogens is 1. The van der Waals surface area contributed by atoms with Crippen molar-refractivity contribution in [2.45, 2.75) is 12.8 Å². The Balaban J connectivity index is 1.96. The highest BCUT2D eigenvalue weighted by Gasteiger charge is 2.24. The van der Waals surface area contributed by atoms with E-state index in [0.717, 1.165) is 31.3 Å². The molecular weight excluding hydrogens is 270 g/mol. The highest BCUT2D eigenvalue weighted by molar-refractivity contribution is 9.09. The molecule has 0 radical (unpaired) electrons. The molecule has 16 heavy (non-hydrogen) atoms. The first-order valence-corrected chi connectivity index (χ1v) is 6.67. The molecule has 4 nitrogen and oxygen atoms in total. The lowest BCUT2D eigenvalue weighted by atomic mass is 9.99. The predicted octanol–water partition coefficient (Wildman–Crippen LogP) is 1.67. The summed E-state index contributed by atoms with van der Waals surface area (Å²) in [5.41, 5.74) is 0.555. The summed E-state index contributed by atoms with van der Waals surface area (Å²) in [4.78, 5) is 14.0. The van der Waals surface area contributed by atoms with E-state index in [2.05, 4.69) is 21.0 Å². The minimum absolute atomic E-state index is 0.0635. The fourth-order valence-corrected chi connectivity index (χ4v) is 2.63. The molecule has 0 bridgehead atoms. The summed E-state index contributed by atoms with van der Waals surface area (Å²) in [5, 5.41) is 5.18. The Morgan fingerprint density at radius 3 is 2.75 bits per heavy atom. The van der Waals surface area contributed by atoms with Crippen LogP contribution in [-0.2, 0) is 7.05 Å². The van der Waals surface area contributed by atoms with E-state index in [1.54, 1.807) is 16.9 Å². The zero-order chi connectivity index (χ0) is 11.5. The number of carbonyl (C=O) groups is 1. The van der Waals surface area contributed by atoms with E-state index in [1.165, 1.54) is 0 Å². The van der Waals surface area contributed by atoms with Gasteiger partial charge in [0.1, 0.15) is 5.69 Å². The summed E-state index contributed by atoms with van der Waals surface area (Å²) in [6.45, 7) is 1.71. The zero-order valence-electron chi connectivity index (χ0n) is 9.40. The Kier molecular flexibility index (Phi) is 3.63. The second kappa shape index (κ2) is 4.99. The maximum Gasteiger partial charge on any atom is 0.274 e. The third-order valence-corrected chi connectivity index (χ3v) is 3.97. The minimum Gasteiger partial charge on any atom is -0.337 e. The Hall–Kier alpha value is -0.840. The van der Waals surface area contributed by atoms with Crippen molar-refractivity contribution < 1.29 is 4.79 Å². The Labute approximate surface area is 104 Å². The van der Waals surface area contributed by atoms with Gasteiger partial charge < -0.3 is 4.90 Å². The lowest BCUT2D eigenvalue weighted by Crippen LogP contribution is -2.39. The number of hydrogen-bond donors (Lipinski definition) is 0. The zero-order valence-corrected chi connectivity index (χ0v) is 11.0. The van der Waals surface area contributed by atoms with Crippen molar-refractivity contribution in [1.29, 1.82) is 0 Å². The average molecular weight is 286 g/mol. The SMILES string of the molecule is Cn1ccc(C(=O)N2CCC(CBr)CC2)n1. The average Bonchev–Trinajstić information content (AvgIpc) is 2.75. The normalized spacial score (nSPS) is 17.8. The largest absolute Gasteiger partial charge is 0.337 e. The first-order valence-electron chi connectivity index (χ1n) is 5.55. The number of hydrogen-bond acceptors (Lipinski definition) is 2. The quantitative estimate of drug-likeness (QED) is 0.776. The molecule has 0 atom stereocenters. The van der Waals surface area contributed by atoms with Gasteiger partial charge in [-0.15, -0.1) is 0 Å². The predicted molar refractivity (Wildman–Crippen MR) is 65.6 cm³/mol. The fourth-order valence-electron chi connectivity index (χ4n) is 1.98. The number of rotatable bonds is 2. The Morgan fingerprint density at radius 1 is 1.56 bits per heavy atom. The number of piperidine rings is 1. The lowest BCUT2D eigenvalue weighted by Gasteiger charge is -2.30. The van der Waals surface area contributed by atoms with Gasteiger partial charge in [0.2, 0.25) is 0 Å². The monoisotopic (exact) mass is 285 g/mol. The molecular formula is C11H16BrN3O. The maximum atomic E-state index is 12.0. The summed E-state index contributed by atoms with van der Waals surface area (Å²) in [5.74, 6) is 0.779. The van der Waals surface area contributed by atoms with Gasteiger partial charge in [-0.1, -0.05) is 15.9 Å². The van der Waals surface area contributed by atoms with Crippen molar-refractivity contribution in [3.05, 3.63) is 18.0 Å². The summed E-state index contributed by atoms with van der Waals surface area (Å²) >= 11 is 3.50. The summed E-state index contributed by atoms with van der Waals surface area (Å²) in [7, 11) is 1.83. The molecule has 1 aromatic rings. The van der Waals surface area contributed by atoms with Crippen LogP contribution in [0.25, 0.3) is 0 Å². The van der Waals surface area contributed by atoms with Gasteiger partial charge in [0, 0.05) is 31.7 Å². The van der Waals surface area contributed by atoms with E-state index < -0.39 is 0 Å². The molecule has 1 aliphatic rings. The number of aromatic nitrogens is 2. The third kappa shape index (κ3) is 2.45. The van der Waals surface area contributed by atoms with Crippen molar-refractivity contribution in [3.8, 4) is 0 Å². The van der Waals surface area contributed by atoms with Gasteiger partial charge in [0.25, 0.3) is 5.91 Å². The van der Waals surface area contributed by atoms with E-state index in [0.29, 0.717) is 11.6 Å². The van der Waals surface area contributed by atoms with E-state index in [-0.39, 0.29) is 5.91 Å².